The van der Waals surface area contributed by atoms with Gasteiger partial charge in [-0.1, -0.05) is 35.9 Å². The number of para-hydroxylation sites is 1. The van der Waals surface area contributed by atoms with Gasteiger partial charge in [-0.05, 0) is 37.6 Å². The minimum Gasteiger partial charge on any atom is -0.463 e. The maximum absolute atomic E-state index is 13.4. The Morgan fingerprint density at radius 3 is 2.50 bits per heavy atom. The average Bonchev–Trinajstić information content (AvgIpc) is 2.98. The molecule has 1 atom stereocenters. The van der Waals surface area contributed by atoms with Crippen LogP contribution in [0.2, 0.25) is 0 Å². The van der Waals surface area contributed by atoms with Gasteiger partial charge in [-0.2, -0.15) is 5.26 Å². The fraction of sp³-hybridized carbons (Fsp3) is 0.263. The lowest BCUT2D eigenvalue weighted by molar-refractivity contribution is -0.146. The second-order valence-corrected chi connectivity index (χ2v) is 7.87. The molecule has 134 valence electrons. The predicted molar refractivity (Wildman–Crippen MR) is 96.0 cm³/mol. The van der Waals surface area contributed by atoms with E-state index < -0.39 is 21.5 Å². The molecule has 0 bridgehead atoms. The normalized spacial score (nSPS) is 18.9. The number of aryl methyl sites for hydroxylation is 1. The zero-order chi connectivity index (χ0) is 18.9. The van der Waals surface area contributed by atoms with Crippen LogP contribution in [0.15, 0.2) is 53.4 Å². The number of nitrogens with zero attached hydrogens (tertiary/aromatic N) is 2. The van der Waals surface area contributed by atoms with Gasteiger partial charge in [0.05, 0.1) is 17.2 Å². The summed E-state index contributed by atoms with van der Waals surface area (Å²) in [6, 6.07) is 14.9. The Balaban J connectivity index is 2.24. The molecular weight excluding hydrogens is 352 g/mol. The lowest BCUT2D eigenvalue weighted by atomic mass is 9.97. The quantitative estimate of drug-likeness (QED) is 0.772. The molecule has 0 saturated carbocycles. The van der Waals surface area contributed by atoms with Crippen molar-refractivity contribution in [2.75, 3.05) is 10.9 Å². The Morgan fingerprint density at radius 1 is 1.23 bits per heavy atom. The largest absolute Gasteiger partial charge is 0.463 e. The minimum absolute atomic E-state index is 0.0173. The number of fused-ring (bicyclic) bond motifs is 1. The minimum atomic E-state index is -4.14. The molecule has 26 heavy (non-hydrogen) atoms. The molecule has 2 aromatic carbocycles. The lowest BCUT2D eigenvalue weighted by Crippen LogP contribution is -2.55. The summed E-state index contributed by atoms with van der Waals surface area (Å²) >= 11 is 0. The van der Waals surface area contributed by atoms with Crippen LogP contribution in [0, 0.1) is 18.3 Å². The van der Waals surface area contributed by atoms with Gasteiger partial charge in [-0.3, -0.25) is 0 Å². The molecule has 0 saturated heterocycles. The molecule has 2 aromatic rings. The number of sulfonamides is 1. The standard InChI is InChI=1S/C19H18N2O4S/c1-3-25-18(22)19(13-20)12-15-6-4-5-7-17(15)21(19)26(23,24)16-10-8-14(2)9-11-16/h4-11H,3,12H2,1-2H3. The van der Waals surface area contributed by atoms with Gasteiger partial charge in [0.25, 0.3) is 10.0 Å². The van der Waals surface area contributed by atoms with Crippen LogP contribution in [0.5, 0.6) is 0 Å². The van der Waals surface area contributed by atoms with Crippen LogP contribution in [0.3, 0.4) is 0 Å². The number of esters is 1. The maximum atomic E-state index is 13.4. The van der Waals surface area contributed by atoms with Crippen molar-refractivity contribution in [3.05, 3.63) is 59.7 Å². The summed E-state index contributed by atoms with van der Waals surface area (Å²) in [5.74, 6) is -0.866. The Morgan fingerprint density at radius 2 is 1.88 bits per heavy atom. The summed E-state index contributed by atoms with van der Waals surface area (Å²) in [7, 11) is -4.14. The summed E-state index contributed by atoms with van der Waals surface area (Å²) < 4.78 is 32.7. The average molecular weight is 370 g/mol. The SMILES string of the molecule is CCOC(=O)C1(C#N)Cc2ccccc2N1S(=O)(=O)c1ccc(C)cc1. The Bertz CT molecular complexity index is 993. The fourth-order valence-electron chi connectivity index (χ4n) is 3.10. The van der Waals surface area contributed by atoms with E-state index in [9.17, 15) is 18.5 Å². The zero-order valence-corrected chi connectivity index (χ0v) is 15.3. The highest BCUT2D eigenvalue weighted by atomic mass is 32.2. The van der Waals surface area contributed by atoms with Crippen molar-refractivity contribution in [1.82, 2.24) is 0 Å². The van der Waals surface area contributed by atoms with Crippen molar-refractivity contribution in [3.63, 3.8) is 0 Å². The highest BCUT2D eigenvalue weighted by molar-refractivity contribution is 7.93. The molecule has 0 amide bonds. The summed E-state index contributed by atoms with van der Waals surface area (Å²) in [4.78, 5) is 12.7. The number of benzene rings is 2. The molecule has 0 fully saturated rings. The van der Waals surface area contributed by atoms with E-state index in [0.29, 0.717) is 11.3 Å². The molecule has 7 heteroatoms. The Kier molecular flexibility index (Phi) is 4.46. The van der Waals surface area contributed by atoms with Gasteiger partial charge in [0.1, 0.15) is 6.07 Å². The van der Waals surface area contributed by atoms with E-state index in [4.69, 9.17) is 4.74 Å². The molecule has 3 rings (SSSR count). The van der Waals surface area contributed by atoms with Crippen LogP contribution in [0.25, 0.3) is 0 Å². The van der Waals surface area contributed by atoms with Gasteiger partial charge >= 0.3 is 5.97 Å². The van der Waals surface area contributed by atoms with Gasteiger partial charge in [0.2, 0.25) is 5.54 Å². The van der Waals surface area contributed by atoms with Crippen LogP contribution in [0.4, 0.5) is 5.69 Å². The second-order valence-electron chi connectivity index (χ2n) is 6.08. The first-order chi connectivity index (χ1) is 12.4. The summed E-state index contributed by atoms with van der Waals surface area (Å²) in [6.07, 6.45) is -0.0520. The number of carbonyl (C=O) groups excluding carboxylic acids is 1. The molecule has 0 spiro atoms. The van der Waals surface area contributed by atoms with Crippen LogP contribution in [-0.4, -0.2) is 26.5 Å². The van der Waals surface area contributed by atoms with Crippen molar-refractivity contribution in [3.8, 4) is 6.07 Å². The Hall–Kier alpha value is -2.85. The second kappa shape index (κ2) is 6.46. The van der Waals surface area contributed by atoms with E-state index in [1.54, 1.807) is 43.3 Å². The number of nitriles is 1. The Labute approximate surface area is 152 Å². The number of anilines is 1. The highest BCUT2D eigenvalue weighted by Crippen LogP contribution is 2.43. The molecule has 0 aliphatic carbocycles. The molecule has 6 nitrogen and oxygen atoms in total. The van der Waals surface area contributed by atoms with E-state index in [1.807, 2.05) is 13.0 Å². The first-order valence-electron chi connectivity index (χ1n) is 8.15. The molecular formula is C19H18N2O4S. The van der Waals surface area contributed by atoms with E-state index in [2.05, 4.69) is 0 Å². The van der Waals surface area contributed by atoms with Gasteiger partial charge in [-0.25, -0.2) is 17.5 Å². The zero-order valence-electron chi connectivity index (χ0n) is 14.5. The topological polar surface area (TPSA) is 87.5 Å². The maximum Gasteiger partial charge on any atom is 0.348 e. The first kappa shape index (κ1) is 18.0. The van der Waals surface area contributed by atoms with E-state index in [1.165, 1.54) is 12.1 Å². The molecule has 0 aromatic heterocycles. The number of hydrogen-bond donors (Lipinski definition) is 0. The van der Waals surface area contributed by atoms with Crippen molar-refractivity contribution in [2.24, 2.45) is 0 Å². The fourth-order valence-corrected chi connectivity index (χ4v) is 4.82. The highest BCUT2D eigenvalue weighted by Gasteiger charge is 2.57. The predicted octanol–water partition coefficient (Wildman–Crippen LogP) is 2.57. The van der Waals surface area contributed by atoms with Gasteiger partial charge < -0.3 is 4.74 Å². The summed E-state index contributed by atoms with van der Waals surface area (Å²) in [6.45, 7) is 3.51. The van der Waals surface area contributed by atoms with Crippen molar-refractivity contribution < 1.29 is 17.9 Å². The third-order valence-corrected chi connectivity index (χ3v) is 6.22. The first-order valence-corrected chi connectivity index (χ1v) is 9.59. The van der Waals surface area contributed by atoms with Crippen molar-refractivity contribution >= 4 is 21.7 Å². The van der Waals surface area contributed by atoms with Crippen LogP contribution >= 0.6 is 0 Å². The smallest absolute Gasteiger partial charge is 0.348 e. The number of ether oxygens (including phenoxy) is 1. The molecule has 1 aliphatic heterocycles. The lowest BCUT2D eigenvalue weighted by Gasteiger charge is -2.31. The third-order valence-electron chi connectivity index (χ3n) is 4.36. The molecule has 0 N–H and O–H groups in total. The molecule has 1 heterocycles. The van der Waals surface area contributed by atoms with Gasteiger partial charge in [0.15, 0.2) is 0 Å². The van der Waals surface area contributed by atoms with Crippen LogP contribution in [-0.2, 0) is 26.0 Å². The van der Waals surface area contributed by atoms with Crippen molar-refractivity contribution in [1.29, 1.82) is 5.26 Å². The van der Waals surface area contributed by atoms with E-state index >= 15 is 0 Å². The molecule has 1 unspecified atom stereocenters. The third kappa shape index (κ3) is 2.63. The number of rotatable bonds is 4. The molecule has 0 radical (unpaired) electrons. The van der Waals surface area contributed by atoms with E-state index in [-0.39, 0.29) is 17.9 Å². The van der Waals surface area contributed by atoms with Gasteiger partial charge in [-0.15, -0.1) is 0 Å². The summed E-state index contributed by atoms with van der Waals surface area (Å²) in [5.41, 5.74) is -0.119. The van der Waals surface area contributed by atoms with E-state index in [0.717, 1.165) is 9.87 Å². The number of hydrogen-bond acceptors (Lipinski definition) is 5. The molecule has 1 aliphatic rings. The van der Waals surface area contributed by atoms with Crippen LogP contribution in [0.1, 0.15) is 18.1 Å². The van der Waals surface area contributed by atoms with Crippen molar-refractivity contribution in [2.45, 2.75) is 30.7 Å². The van der Waals surface area contributed by atoms with Crippen LogP contribution < -0.4 is 4.31 Å². The summed E-state index contributed by atoms with van der Waals surface area (Å²) in [5, 5.41) is 9.85. The number of carbonyl (C=O) groups is 1. The van der Waals surface area contributed by atoms with Gasteiger partial charge in [0, 0.05) is 6.42 Å². The monoisotopic (exact) mass is 370 g/mol.